The van der Waals surface area contributed by atoms with E-state index in [2.05, 4.69) is 81.1 Å². The van der Waals surface area contributed by atoms with Gasteiger partial charge in [0.05, 0.1) is 103 Å². The summed E-state index contributed by atoms with van der Waals surface area (Å²) in [7, 11) is 0. The summed E-state index contributed by atoms with van der Waals surface area (Å²) in [5, 5.41) is 16.0. The van der Waals surface area contributed by atoms with Crippen LogP contribution in [0.25, 0.3) is 110 Å². The van der Waals surface area contributed by atoms with E-state index in [1.54, 1.807) is 105 Å². The summed E-state index contributed by atoms with van der Waals surface area (Å²) >= 11 is 12.4. The normalized spacial score (nSPS) is 12.2. The fourth-order valence-electron chi connectivity index (χ4n) is 15.5. The molecule has 4 atom stereocenters. The Morgan fingerprint density at radius 3 is 0.896 bits per heavy atom. The maximum atomic E-state index is 14.6. The van der Waals surface area contributed by atoms with Crippen LogP contribution in [0.2, 0.25) is 10.0 Å². The molecule has 0 aliphatic carbocycles. The van der Waals surface area contributed by atoms with Crippen molar-refractivity contribution < 1.29 is 17.6 Å². The van der Waals surface area contributed by atoms with Gasteiger partial charge >= 0.3 is 0 Å². The van der Waals surface area contributed by atoms with Gasteiger partial charge in [0, 0.05) is 70.3 Å². The molecule has 0 fully saturated rings. The Kier molecular flexibility index (Phi) is 24.0. The lowest BCUT2D eigenvalue weighted by atomic mass is 10.0. The van der Waals surface area contributed by atoms with Crippen molar-refractivity contribution in [2.45, 2.75) is 72.1 Å². The molecule has 24 nitrogen and oxygen atoms in total. The van der Waals surface area contributed by atoms with E-state index < -0.39 is 23.3 Å². The minimum Gasteiger partial charge on any atom is -0.360 e. The van der Waals surface area contributed by atoms with E-state index in [9.17, 15) is 36.7 Å². The number of aromatic nitrogens is 16. The standard InChI is InChI=1S/2C24H20FN5O.2C23H17ClFN5O.CH4/c2*1-2-18(29-23-22-19(11-12-26-23)27-14-28-22)20-13-15-7-6-10-17(25)21(15)24(31)30(20)16-8-4-3-5-9-16;2*1-13(29-22-21-17(9-10-26-22)27-12-28-21)18-11-14-7-8-16(25)20(24)19(14)23(31)30(18)15-5-3-2-4-6-15;/h2*3-14,18H,2H2,1H3,(H,26,29)(H,27,28);2*2-13H,1H3,(H,26,29)(H,27,28);1H4/t2*18-;2*13-;/m1010./s1. The second-order valence-electron chi connectivity index (χ2n) is 29.0. The number of fused-ring (bicyclic) bond motifs is 8. The molecule has 12 aromatic heterocycles. The fourth-order valence-corrected chi connectivity index (χ4v) is 16.0. The summed E-state index contributed by atoms with van der Waals surface area (Å²) in [6.45, 7) is 7.91. The summed E-state index contributed by atoms with van der Waals surface area (Å²) in [5.74, 6) is 0.129. The average molecular weight is 1710 g/mol. The van der Waals surface area contributed by atoms with Crippen LogP contribution in [-0.2, 0) is 0 Å². The predicted molar refractivity (Wildman–Crippen MR) is 488 cm³/mol. The SMILES string of the molecule is C.CC[C@@H](Nc1nccc2[nH]cnc12)c1cc2cccc(F)c2c(=O)n1-c1ccccc1.CC[C@H](Nc1nccc2[nH]cnc12)c1cc2cccc(F)c2c(=O)n1-c1ccccc1.C[C@@H](Nc1nccc2[nH]cnc12)c1cc2ccc(F)c(Cl)c2c(=O)n1-c1ccccc1.C[C@H](Nc1nccc2[nH]cnc12)c1cc2ccc(F)c(Cl)c2c(=O)n1-c1ccccc1. The van der Waals surface area contributed by atoms with Gasteiger partial charge in [0.15, 0.2) is 23.3 Å². The molecule has 30 heteroatoms. The van der Waals surface area contributed by atoms with E-state index >= 15 is 0 Å². The minimum absolute atomic E-state index is 0. The lowest BCUT2D eigenvalue weighted by molar-refractivity contribution is 0.629. The maximum Gasteiger partial charge on any atom is 0.266 e. The predicted octanol–water partition coefficient (Wildman–Crippen LogP) is 21.0. The van der Waals surface area contributed by atoms with Crippen LogP contribution in [-0.4, -0.2) is 78.1 Å². The molecule has 8 N–H and O–H groups in total. The van der Waals surface area contributed by atoms with Crippen LogP contribution >= 0.6 is 23.2 Å². The highest BCUT2D eigenvalue weighted by Gasteiger charge is 2.27. The van der Waals surface area contributed by atoms with Crippen LogP contribution in [0.3, 0.4) is 0 Å². The van der Waals surface area contributed by atoms with Crippen molar-refractivity contribution in [1.82, 2.24) is 78.1 Å². The number of hydrogen-bond acceptors (Lipinski definition) is 16. The molecule has 20 aromatic rings. The maximum absolute atomic E-state index is 14.6. The Balaban J connectivity index is 0.000000123. The second-order valence-corrected chi connectivity index (χ2v) is 29.8. The molecule has 0 amide bonds. The third-order valence-electron chi connectivity index (χ3n) is 21.4. The number of halogens is 6. The van der Waals surface area contributed by atoms with Gasteiger partial charge in [-0.1, -0.05) is 154 Å². The number of hydrogen-bond donors (Lipinski definition) is 8. The van der Waals surface area contributed by atoms with Crippen molar-refractivity contribution >= 4 is 134 Å². The van der Waals surface area contributed by atoms with Gasteiger partial charge in [0.1, 0.15) is 45.3 Å². The number of nitrogens with zero attached hydrogens (tertiary/aromatic N) is 12. The second kappa shape index (κ2) is 36.1. The van der Waals surface area contributed by atoms with Crippen LogP contribution in [0.4, 0.5) is 40.8 Å². The largest absolute Gasteiger partial charge is 0.360 e. The van der Waals surface area contributed by atoms with E-state index in [1.807, 2.05) is 198 Å². The minimum atomic E-state index is -0.626. The lowest BCUT2D eigenvalue weighted by Gasteiger charge is -2.23. The highest BCUT2D eigenvalue weighted by atomic mass is 35.5. The van der Waals surface area contributed by atoms with E-state index in [0.717, 1.165) is 44.5 Å². The van der Waals surface area contributed by atoms with E-state index in [-0.39, 0.29) is 85.4 Å². The van der Waals surface area contributed by atoms with Gasteiger partial charge < -0.3 is 41.2 Å². The first-order valence-electron chi connectivity index (χ1n) is 39.6. The zero-order chi connectivity index (χ0) is 85.8. The first kappa shape index (κ1) is 83.2. The molecule has 0 aliphatic rings. The zero-order valence-corrected chi connectivity index (χ0v) is 68.1. The smallest absolute Gasteiger partial charge is 0.266 e. The Morgan fingerprint density at radius 2 is 0.592 bits per heavy atom. The van der Waals surface area contributed by atoms with Gasteiger partial charge in [-0.25, -0.2) is 57.4 Å². The van der Waals surface area contributed by atoms with Crippen molar-refractivity contribution in [3.05, 3.63) is 378 Å². The molecule has 0 aliphatic heterocycles. The van der Waals surface area contributed by atoms with Crippen molar-refractivity contribution in [1.29, 1.82) is 0 Å². The van der Waals surface area contributed by atoms with Gasteiger partial charge in [-0.2, -0.15) is 0 Å². The molecule has 624 valence electrons. The number of H-pyrrole nitrogens is 4. The summed E-state index contributed by atoms with van der Waals surface area (Å²) in [4.78, 5) is 101. The van der Waals surface area contributed by atoms with Crippen molar-refractivity contribution in [2.75, 3.05) is 21.3 Å². The summed E-state index contributed by atoms with van der Waals surface area (Å²) < 4.78 is 63.7. The van der Waals surface area contributed by atoms with Gasteiger partial charge in [0.25, 0.3) is 22.2 Å². The molecule has 8 aromatic carbocycles. The van der Waals surface area contributed by atoms with Crippen molar-refractivity contribution in [2.24, 2.45) is 0 Å². The van der Waals surface area contributed by atoms with Gasteiger partial charge in [-0.15, -0.1) is 0 Å². The molecule has 125 heavy (non-hydrogen) atoms. The Hall–Kier alpha value is -15.4. The van der Waals surface area contributed by atoms with Crippen LogP contribution in [0.5, 0.6) is 0 Å². The number of nitrogens with one attached hydrogen (secondary N) is 8. The summed E-state index contributed by atoms with van der Waals surface area (Å²) in [6, 6.07) is 65.7. The first-order chi connectivity index (χ1) is 60.4. The monoisotopic (exact) mass is 1710 g/mol. The molecular weight excluding hydrogens is 1630 g/mol. The highest BCUT2D eigenvalue weighted by Crippen LogP contribution is 2.36. The first-order valence-corrected chi connectivity index (χ1v) is 40.3. The fraction of sp³-hybridized carbons (Fsp3) is 0.116. The van der Waals surface area contributed by atoms with Crippen molar-refractivity contribution in [3.63, 3.8) is 0 Å². The molecule has 0 unspecified atom stereocenters. The molecule has 0 bridgehead atoms. The molecule has 12 heterocycles. The Labute approximate surface area is 719 Å². The van der Waals surface area contributed by atoms with E-state index in [4.69, 9.17) is 23.2 Å². The van der Waals surface area contributed by atoms with E-state index in [0.29, 0.717) is 103 Å². The molecule has 20 rings (SSSR count). The summed E-state index contributed by atoms with van der Waals surface area (Å²) in [5.41, 5.74) is 10.2. The third-order valence-corrected chi connectivity index (χ3v) is 22.2. The lowest BCUT2D eigenvalue weighted by Crippen LogP contribution is -2.27. The quantitative estimate of drug-likeness (QED) is 0.0370. The van der Waals surface area contributed by atoms with E-state index in [1.165, 1.54) is 24.3 Å². The van der Waals surface area contributed by atoms with Crippen LogP contribution in [0, 0.1) is 23.3 Å². The van der Waals surface area contributed by atoms with Crippen molar-refractivity contribution in [3.8, 4) is 22.7 Å². The Morgan fingerprint density at radius 1 is 0.320 bits per heavy atom. The van der Waals surface area contributed by atoms with Crippen LogP contribution < -0.4 is 43.5 Å². The highest BCUT2D eigenvalue weighted by molar-refractivity contribution is 6.36. The number of benzene rings is 8. The average Bonchev–Trinajstić information content (AvgIpc) is 1.65. The Bertz CT molecular complexity index is 7120. The number of para-hydroxylation sites is 4. The molecular formula is C95H78Cl2F4N20O4. The molecule has 0 saturated carbocycles. The summed E-state index contributed by atoms with van der Waals surface area (Å²) in [6.07, 6.45) is 14.6. The van der Waals surface area contributed by atoms with Gasteiger partial charge in [-0.3, -0.25) is 37.4 Å². The number of rotatable bonds is 18. The third kappa shape index (κ3) is 16.4. The molecule has 0 spiro atoms. The number of anilines is 4. The number of pyridine rings is 8. The van der Waals surface area contributed by atoms with Gasteiger partial charge in [0.2, 0.25) is 0 Å². The van der Waals surface area contributed by atoms with Crippen LogP contribution in [0.1, 0.15) is 94.9 Å². The topological polar surface area (TPSA) is 302 Å². The number of imidazole rings is 4. The van der Waals surface area contributed by atoms with Crippen LogP contribution in [0.15, 0.2) is 300 Å². The molecule has 0 radical (unpaired) electrons. The number of aromatic amines is 4. The molecule has 0 saturated heterocycles. The van der Waals surface area contributed by atoms with Gasteiger partial charge in [-0.05, 0) is 170 Å². The zero-order valence-electron chi connectivity index (χ0n) is 66.5.